The molecule has 0 aliphatic rings. The van der Waals surface area contributed by atoms with E-state index in [4.69, 9.17) is 0 Å². The Kier molecular flexibility index (Phi) is 3.85. The Morgan fingerprint density at radius 1 is 1.33 bits per heavy atom. The number of carbonyl (C=O) groups is 1. The zero-order valence-electron chi connectivity index (χ0n) is 11.1. The Hall–Kier alpha value is -1.99. The van der Waals surface area contributed by atoms with E-state index in [0.717, 1.165) is 20.7 Å². The van der Waals surface area contributed by atoms with Gasteiger partial charge >= 0.3 is 0 Å². The third-order valence-corrected chi connectivity index (χ3v) is 4.21. The van der Waals surface area contributed by atoms with Crippen LogP contribution >= 0.6 is 27.3 Å². The predicted molar refractivity (Wildman–Crippen MR) is 86.4 cm³/mol. The molecule has 106 valence electrons. The Morgan fingerprint density at radius 3 is 2.76 bits per heavy atom. The quantitative estimate of drug-likeness (QED) is 0.774. The number of benzene rings is 1. The number of halogens is 1. The highest BCUT2D eigenvalue weighted by Gasteiger charge is 2.13. The number of hydrogen-bond donors (Lipinski definition) is 1. The average molecular weight is 363 g/mol. The lowest BCUT2D eigenvalue weighted by molar-refractivity contribution is 0.102. The summed E-state index contributed by atoms with van der Waals surface area (Å²) in [7, 11) is 1.85. The van der Waals surface area contributed by atoms with Gasteiger partial charge in [0, 0.05) is 34.3 Å². The summed E-state index contributed by atoms with van der Waals surface area (Å²) in [6.45, 7) is 0. The molecule has 3 aromatic rings. The van der Waals surface area contributed by atoms with Gasteiger partial charge in [-0.15, -0.1) is 11.3 Å². The summed E-state index contributed by atoms with van der Waals surface area (Å²) in [4.78, 5) is 16.5. The first kappa shape index (κ1) is 14.0. The fraction of sp³-hybridized carbons (Fsp3) is 0.0714. The standard InChI is InChI=1S/C14H11BrN4OS/c1-19-7-9(6-16-19)14-18-12(8-21-14)13(20)17-11-4-2-10(15)3-5-11/h2-8H,1H3,(H,17,20). The number of hydrogen-bond acceptors (Lipinski definition) is 4. The molecule has 0 saturated carbocycles. The molecule has 0 spiro atoms. The van der Waals surface area contributed by atoms with Crippen LogP contribution in [0.4, 0.5) is 5.69 Å². The maximum absolute atomic E-state index is 12.1. The topological polar surface area (TPSA) is 59.8 Å². The first-order chi connectivity index (χ1) is 10.1. The monoisotopic (exact) mass is 362 g/mol. The Bertz CT molecular complexity index is 778. The van der Waals surface area contributed by atoms with Crippen molar-refractivity contribution in [2.45, 2.75) is 0 Å². The summed E-state index contributed by atoms with van der Waals surface area (Å²) < 4.78 is 2.67. The average Bonchev–Trinajstić information content (AvgIpc) is 3.10. The highest BCUT2D eigenvalue weighted by atomic mass is 79.9. The van der Waals surface area contributed by atoms with Gasteiger partial charge in [0.2, 0.25) is 0 Å². The molecule has 0 fully saturated rings. The van der Waals surface area contributed by atoms with Gasteiger partial charge in [0.05, 0.1) is 6.20 Å². The lowest BCUT2D eigenvalue weighted by Gasteiger charge is -2.02. The van der Waals surface area contributed by atoms with Crippen LogP contribution in [0.15, 0.2) is 46.5 Å². The van der Waals surface area contributed by atoms with Gasteiger partial charge in [0.15, 0.2) is 0 Å². The van der Waals surface area contributed by atoms with Crippen LogP contribution in [0.25, 0.3) is 10.6 Å². The van der Waals surface area contributed by atoms with Gasteiger partial charge in [-0.25, -0.2) is 4.98 Å². The number of nitrogens with zero attached hydrogens (tertiary/aromatic N) is 3. The molecule has 0 atom stereocenters. The van der Waals surface area contributed by atoms with Crippen LogP contribution in [0.5, 0.6) is 0 Å². The van der Waals surface area contributed by atoms with E-state index in [1.807, 2.05) is 37.5 Å². The zero-order valence-corrected chi connectivity index (χ0v) is 13.5. The summed E-state index contributed by atoms with van der Waals surface area (Å²) in [5.41, 5.74) is 2.05. The number of carbonyl (C=O) groups excluding carboxylic acids is 1. The normalized spacial score (nSPS) is 10.6. The van der Waals surface area contributed by atoms with Gasteiger partial charge in [-0.05, 0) is 24.3 Å². The molecule has 0 saturated heterocycles. The number of nitrogens with one attached hydrogen (secondary N) is 1. The summed E-state index contributed by atoms with van der Waals surface area (Å²) >= 11 is 4.78. The maximum atomic E-state index is 12.1. The van der Waals surface area contributed by atoms with E-state index in [2.05, 4.69) is 31.3 Å². The van der Waals surface area contributed by atoms with Gasteiger partial charge in [-0.1, -0.05) is 15.9 Å². The third-order valence-electron chi connectivity index (χ3n) is 2.79. The second-order valence-electron chi connectivity index (χ2n) is 4.40. The molecular weight excluding hydrogens is 352 g/mol. The van der Waals surface area contributed by atoms with Crippen molar-refractivity contribution in [3.8, 4) is 10.6 Å². The van der Waals surface area contributed by atoms with Gasteiger partial charge in [-0.3, -0.25) is 9.48 Å². The van der Waals surface area contributed by atoms with Crippen molar-refractivity contribution in [2.75, 3.05) is 5.32 Å². The van der Waals surface area contributed by atoms with Gasteiger partial charge in [0.25, 0.3) is 5.91 Å². The molecule has 7 heteroatoms. The summed E-state index contributed by atoms with van der Waals surface area (Å²) in [6, 6.07) is 7.40. The molecule has 0 aliphatic heterocycles. The van der Waals surface area contributed by atoms with E-state index in [1.165, 1.54) is 11.3 Å². The van der Waals surface area contributed by atoms with Crippen LogP contribution in [0.3, 0.4) is 0 Å². The highest BCUT2D eigenvalue weighted by Crippen LogP contribution is 2.23. The van der Waals surface area contributed by atoms with Crippen molar-refractivity contribution >= 4 is 38.9 Å². The molecule has 5 nitrogen and oxygen atoms in total. The fourth-order valence-electron chi connectivity index (χ4n) is 1.77. The number of aromatic nitrogens is 3. The van der Waals surface area contributed by atoms with E-state index in [9.17, 15) is 4.79 Å². The Balaban J connectivity index is 1.76. The SMILES string of the molecule is Cn1cc(-c2nc(C(=O)Nc3ccc(Br)cc3)cs2)cn1. The second kappa shape index (κ2) is 5.79. The first-order valence-electron chi connectivity index (χ1n) is 6.13. The largest absolute Gasteiger partial charge is 0.321 e. The van der Waals surface area contributed by atoms with Crippen molar-refractivity contribution in [2.24, 2.45) is 7.05 Å². The Labute approximate surface area is 133 Å². The van der Waals surface area contributed by atoms with E-state index in [0.29, 0.717) is 5.69 Å². The summed E-state index contributed by atoms with van der Waals surface area (Å²) in [6.07, 6.45) is 3.60. The van der Waals surface area contributed by atoms with E-state index in [-0.39, 0.29) is 5.91 Å². The molecule has 1 amide bonds. The molecule has 1 aromatic carbocycles. The molecule has 1 N–H and O–H groups in total. The van der Waals surface area contributed by atoms with E-state index >= 15 is 0 Å². The minimum atomic E-state index is -0.219. The van der Waals surface area contributed by atoms with Crippen LogP contribution in [0.2, 0.25) is 0 Å². The molecule has 2 aromatic heterocycles. The first-order valence-corrected chi connectivity index (χ1v) is 7.80. The molecule has 21 heavy (non-hydrogen) atoms. The molecule has 0 radical (unpaired) electrons. The maximum Gasteiger partial charge on any atom is 0.275 e. The minimum Gasteiger partial charge on any atom is -0.321 e. The van der Waals surface area contributed by atoms with Crippen molar-refractivity contribution in [3.05, 3.63) is 52.2 Å². The number of anilines is 1. The number of thiazole rings is 1. The second-order valence-corrected chi connectivity index (χ2v) is 6.18. The van der Waals surface area contributed by atoms with E-state index < -0.39 is 0 Å². The van der Waals surface area contributed by atoms with Crippen molar-refractivity contribution < 1.29 is 4.79 Å². The van der Waals surface area contributed by atoms with Gasteiger partial charge < -0.3 is 5.32 Å². The smallest absolute Gasteiger partial charge is 0.275 e. The lowest BCUT2D eigenvalue weighted by atomic mass is 10.3. The van der Waals surface area contributed by atoms with Crippen LogP contribution in [0, 0.1) is 0 Å². The highest BCUT2D eigenvalue weighted by molar-refractivity contribution is 9.10. The molecule has 0 unspecified atom stereocenters. The lowest BCUT2D eigenvalue weighted by Crippen LogP contribution is -2.12. The fourth-order valence-corrected chi connectivity index (χ4v) is 2.81. The number of aryl methyl sites for hydroxylation is 1. The van der Waals surface area contributed by atoms with Gasteiger partial charge in [-0.2, -0.15) is 5.10 Å². The van der Waals surface area contributed by atoms with Crippen LogP contribution in [0.1, 0.15) is 10.5 Å². The molecular formula is C14H11BrN4OS. The third kappa shape index (κ3) is 3.20. The predicted octanol–water partition coefficient (Wildman–Crippen LogP) is 3.56. The summed E-state index contributed by atoms with van der Waals surface area (Å²) in [5, 5.41) is 9.45. The van der Waals surface area contributed by atoms with Crippen LogP contribution in [-0.2, 0) is 7.05 Å². The van der Waals surface area contributed by atoms with Crippen molar-refractivity contribution in [1.82, 2.24) is 14.8 Å². The number of rotatable bonds is 3. The molecule has 2 heterocycles. The van der Waals surface area contributed by atoms with Crippen molar-refractivity contribution in [1.29, 1.82) is 0 Å². The minimum absolute atomic E-state index is 0.219. The Morgan fingerprint density at radius 2 is 2.10 bits per heavy atom. The van der Waals surface area contributed by atoms with Gasteiger partial charge in [0.1, 0.15) is 10.7 Å². The summed E-state index contributed by atoms with van der Waals surface area (Å²) in [5.74, 6) is -0.219. The number of amides is 1. The van der Waals surface area contributed by atoms with Crippen LogP contribution < -0.4 is 5.32 Å². The molecule has 0 bridgehead atoms. The molecule has 3 rings (SSSR count). The zero-order chi connectivity index (χ0) is 14.8. The van der Waals surface area contributed by atoms with Crippen LogP contribution in [-0.4, -0.2) is 20.7 Å². The molecule has 0 aliphatic carbocycles. The van der Waals surface area contributed by atoms with Crippen molar-refractivity contribution in [3.63, 3.8) is 0 Å². The van der Waals surface area contributed by atoms with E-state index in [1.54, 1.807) is 16.3 Å².